The lowest BCUT2D eigenvalue weighted by Crippen LogP contribution is -2.34. The lowest BCUT2D eigenvalue weighted by Gasteiger charge is -2.20. The van der Waals surface area contributed by atoms with Gasteiger partial charge in [-0.25, -0.2) is 9.97 Å². The van der Waals surface area contributed by atoms with Crippen LogP contribution in [-0.2, 0) is 0 Å². The number of H-pyrrole nitrogens is 2. The van der Waals surface area contributed by atoms with Crippen molar-refractivity contribution in [1.82, 2.24) is 19.9 Å². The summed E-state index contributed by atoms with van der Waals surface area (Å²) in [5.41, 5.74) is 0.453. The maximum Gasteiger partial charge on any atom is 0.194 e. The topological polar surface area (TPSA) is 269 Å². The van der Waals surface area contributed by atoms with Gasteiger partial charge in [0.25, 0.3) is 0 Å². The average molecular weight is 475 g/mol. The van der Waals surface area contributed by atoms with Crippen LogP contribution < -0.4 is 0 Å². The summed E-state index contributed by atoms with van der Waals surface area (Å²) in [7, 11) is 0. The number of aromatic nitrogens is 4. The van der Waals surface area contributed by atoms with E-state index in [-0.39, 0.29) is 34.5 Å². The fraction of sp³-hybridized carbons (Fsp3) is 0.556. The van der Waals surface area contributed by atoms with Gasteiger partial charge in [0, 0.05) is 6.92 Å². The van der Waals surface area contributed by atoms with Crippen LogP contribution in [0.2, 0.25) is 0 Å². The summed E-state index contributed by atoms with van der Waals surface area (Å²) in [6.07, 6.45) is -6.45. The van der Waals surface area contributed by atoms with Gasteiger partial charge in [-0.05, 0) is 6.92 Å². The Kier molecular flexibility index (Phi) is 11.2. The maximum atomic E-state index is 10.9. The normalized spacial score (nSPS) is 17.3. The number of nitrogens with zero attached hydrogens (tertiary/aromatic N) is 3. The van der Waals surface area contributed by atoms with Crippen LogP contribution >= 0.6 is 0 Å². The minimum Gasteiger partial charge on any atom is -0.411 e. The van der Waals surface area contributed by atoms with Gasteiger partial charge < -0.3 is 56.0 Å². The van der Waals surface area contributed by atoms with Crippen molar-refractivity contribution in [2.45, 2.75) is 50.5 Å². The third-order valence-corrected chi connectivity index (χ3v) is 4.46. The number of imidazole rings is 2. The van der Waals surface area contributed by atoms with E-state index in [0.29, 0.717) is 0 Å². The van der Waals surface area contributed by atoms with Crippen molar-refractivity contribution in [3.8, 4) is 0 Å². The van der Waals surface area contributed by atoms with E-state index >= 15 is 0 Å². The van der Waals surface area contributed by atoms with Crippen LogP contribution in [0.3, 0.4) is 0 Å². The van der Waals surface area contributed by atoms with Crippen LogP contribution in [0, 0.1) is 0 Å². The molecule has 0 spiro atoms. The molecule has 186 valence electrons. The van der Waals surface area contributed by atoms with Crippen LogP contribution in [-0.4, -0.2) is 115 Å². The third-order valence-electron chi connectivity index (χ3n) is 4.46. The van der Waals surface area contributed by atoms with Gasteiger partial charge >= 0.3 is 0 Å². The quantitative estimate of drug-likeness (QED) is 0.0698. The summed E-state index contributed by atoms with van der Waals surface area (Å²) < 4.78 is 0. The summed E-state index contributed by atoms with van der Waals surface area (Å²) in [4.78, 5) is 23.5. The van der Waals surface area contributed by atoms with E-state index in [9.17, 15) is 25.2 Å². The molecule has 0 fully saturated rings. The van der Waals surface area contributed by atoms with Gasteiger partial charge in [-0.3, -0.25) is 4.79 Å². The SMILES string of the molecule is C/C(=N\O)c1ncc([C@@H](O)[C@H](O)[C@H](O)CO)[nH]1.CC(=O)c1ncc([C@@H](O)[C@H](O)[C@H](O)CO)[nH]1. The monoisotopic (exact) mass is 475 g/mol. The van der Waals surface area contributed by atoms with Gasteiger partial charge in [-0.2, -0.15) is 0 Å². The van der Waals surface area contributed by atoms with Crippen molar-refractivity contribution in [2.24, 2.45) is 5.16 Å². The minimum absolute atomic E-state index is 0.0553. The summed E-state index contributed by atoms with van der Waals surface area (Å²) >= 11 is 0. The maximum absolute atomic E-state index is 10.9. The number of carbonyl (C=O) groups excluding carboxylic acids is 1. The standard InChI is InChI=1S/C9H15N3O5.C9H14N2O5/c1-4(12-17)9-10-2-5(11-9)7(15)8(16)6(14)3-13;1-4(13)9-10-2-5(11-9)7(15)8(16)6(14)3-12/h2,6-8,13-17H,3H2,1H3,(H,10,11);2,6-8,12,14-16H,3H2,1H3,(H,10,11)/b12-4+;/t2*6-,7-,8-/m11/s1. The van der Waals surface area contributed by atoms with Crippen molar-refractivity contribution in [3.05, 3.63) is 35.4 Å². The number of aliphatic hydroxyl groups is 8. The van der Waals surface area contributed by atoms with E-state index in [1.54, 1.807) is 0 Å². The Morgan fingerprint density at radius 2 is 1.24 bits per heavy atom. The molecule has 2 aromatic heterocycles. The molecule has 0 aliphatic carbocycles. The minimum atomic E-state index is -1.55. The number of nitrogens with one attached hydrogen (secondary N) is 2. The van der Waals surface area contributed by atoms with E-state index in [1.807, 2.05) is 0 Å². The van der Waals surface area contributed by atoms with Crippen molar-refractivity contribution in [2.75, 3.05) is 13.2 Å². The number of hydrogen-bond donors (Lipinski definition) is 11. The van der Waals surface area contributed by atoms with Crippen LogP contribution in [0.25, 0.3) is 0 Å². The number of carbonyl (C=O) groups is 1. The number of Topliss-reactive ketones (excluding diaryl/α,β-unsaturated/α-hetero) is 1. The molecule has 15 heteroatoms. The largest absolute Gasteiger partial charge is 0.411 e. The molecular formula is C18H29N5O10. The number of ketones is 1. The van der Waals surface area contributed by atoms with E-state index in [2.05, 4.69) is 25.1 Å². The number of hydrogen-bond acceptors (Lipinski definition) is 13. The molecule has 2 rings (SSSR count). The van der Waals surface area contributed by atoms with Gasteiger partial charge in [0.05, 0.1) is 37.0 Å². The van der Waals surface area contributed by atoms with Crippen LogP contribution in [0.4, 0.5) is 0 Å². The molecule has 0 aliphatic heterocycles. The summed E-state index contributed by atoms with van der Waals surface area (Å²) in [6.45, 7) is 1.45. The first kappa shape index (κ1) is 28.3. The van der Waals surface area contributed by atoms with Gasteiger partial charge in [0.15, 0.2) is 17.4 Å². The average Bonchev–Trinajstić information content (AvgIpc) is 3.51. The molecule has 2 aromatic rings. The number of oxime groups is 1. The molecule has 6 atom stereocenters. The Morgan fingerprint density at radius 1 is 0.848 bits per heavy atom. The highest BCUT2D eigenvalue weighted by Gasteiger charge is 2.28. The van der Waals surface area contributed by atoms with Gasteiger partial charge in [-0.1, -0.05) is 5.16 Å². The summed E-state index contributed by atoms with van der Waals surface area (Å²) in [5, 5.41) is 85.0. The predicted octanol–water partition coefficient (Wildman–Crippen LogP) is -3.28. The Labute approximate surface area is 187 Å². The second-order valence-corrected chi connectivity index (χ2v) is 6.99. The van der Waals surface area contributed by atoms with Gasteiger partial charge in [0.1, 0.15) is 42.3 Å². The second kappa shape index (κ2) is 13.1. The van der Waals surface area contributed by atoms with Crippen LogP contribution in [0.1, 0.15) is 53.9 Å². The zero-order valence-electron chi connectivity index (χ0n) is 17.8. The number of aromatic amines is 2. The molecule has 0 radical (unpaired) electrons. The van der Waals surface area contributed by atoms with E-state index in [4.69, 9.17) is 25.6 Å². The first-order valence-electron chi connectivity index (χ1n) is 9.58. The van der Waals surface area contributed by atoms with E-state index in [0.717, 1.165) is 0 Å². The zero-order valence-corrected chi connectivity index (χ0v) is 17.8. The smallest absolute Gasteiger partial charge is 0.194 e. The van der Waals surface area contributed by atoms with E-state index < -0.39 is 49.8 Å². The molecule has 0 aromatic carbocycles. The lowest BCUT2D eigenvalue weighted by atomic mass is 10.1. The van der Waals surface area contributed by atoms with Crippen molar-refractivity contribution < 1.29 is 50.9 Å². The van der Waals surface area contributed by atoms with Crippen molar-refractivity contribution in [1.29, 1.82) is 0 Å². The molecular weight excluding hydrogens is 446 g/mol. The molecule has 0 unspecified atom stereocenters. The molecule has 0 amide bonds. The first-order chi connectivity index (χ1) is 15.5. The number of rotatable bonds is 10. The summed E-state index contributed by atoms with van der Waals surface area (Å²) in [6, 6.07) is 0. The summed E-state index contributed by atoms with van der Waals surface area (Å²) in [5.74, 6) is -0.0253. The van der Waals surface area contributed by atoms with Gasteiger partial charge in [0.2, 0.25) is 0 Å². The lowest BCUT2D eigenvalue weighted by molar-refractivity contribution is -0.0788. The van der Waals surface area contributed by atoms with Crippen molar-refractivity contribution in [3.63, 3.8) is 0 Å². The predicted molar refractivity (Wildman–Crippen MR) is 109 cm³/mol. The zero-order chi connectivity index (χ0) is 25.3. The molecule has 11 N–H and O–H groups in total. The molecule has 0 saturated carbocycles. The fourth-order valence-electron chi connectivity index (χ4n) is 2.39. The highest BCUT2D eigenvalue weighted by Crippen LogP contribution is 2.18. The molecule has 33 heavy (non-hydrogen) atoms. The van der Waals surface area contributed by atoms with E-state index in [1.165, 1.54) is 26.2 Å². The molecule has 15 nitrogen and oxygen atoms in total. The Hall–Kier alpha value is -2.76. The van der Waals surface area contributed by atoms with Crippen LogP contribution in [0.5, 0.6) is 0 Å². The molecule has 2 heterocycles. The Morgan fingerprint density at radius 3 is 1.58 bits per heavy atom. The Bertz CT molecular complexity index is 901. The Balaban J connectivity index is 0.000000331. The molecule has 0 bridgehead atoms. The fourth-order valence-corrected chi connectivity index (χ4v) is 2.39. The second-order valence-electron chi connectivity index (χ2n) is 6.99. The highest BCUT2D eigenvalue weighted by molar-refractivity contribution is 5.94. The first-order valence-corrected chi connectivity index (χ1v) is 9.58. The third kappa shape index (κ3) is 7.65. The highest BCUT2D eigenvalue weighted by atomic mass is 16.4. The molecule has 0 saturated heterocycles. The number of aliphatic hydroxyl groups excluding tert-OH is 8. The van der Waals surface area contributed by atoms with Gasteiger partial charge in [-0.15, -0.1) is 0 Å². The van der Waals surface area contributed by atoms with Crippen LogP contribution in [0.15, 0.2) is 17.5 Å². The van der Waals surface area contributed by atoms with Crippen molar-refractivity contribution >= 4 is 11.5 Å². The molecule has 0 aliphatic rings.